The molecular weight excluding hydrogens is 252 g/mol. The van der Waals surface area contributed by atoms with Crippen LogP contribution in [0.3, 0.4) is 0 Å². The summed E-state index contributed by atoms with van der Waals surface area (Å²) >= 11 is 0. The molecule has 0 amide bonds. The van der Waals surface area contributed by atoms with E-state index in [-0.39, 0.29) is 11.3 Å². The molecule has 1 unspecified atom stereocenters. The Morgan fingerprint density at radius 2 is 2.05 bits per heavy atom. The fourth-order valence-electron chi connectivity index (χ4n) is 3.80. The van der Waals surface area contributed by atoms with Crippen LogP contribution in [0.25, 0.3) is 0 Å². The molecule has 1 saturated carbocycles. The monoisotopic (exact) mass is 276 g/mol. The zero-order valence-electron chi connectivity index (χ0n) is 11.8. The van der Waals surface area contributed by atoms with Gasteiger partial charge in [-0.25, -0.2) is 0 Å². The molecule has 20 heavy (non-hydrogen) atoms. The highest BCUT2D eigenvalue weighted by atomic mass is 16.3. The van der Waals surface area contributed by atoms with Gasteiger partial charge in [0.2, 0.25) is 0 Å². The smallest absolute Gasteiger partial charge is 0.115 e. The molecule has 0 bridgehead atoms. The molecule has 1 aromatic carbocycles. The molecule has 1 aromatic rings. The molecule has 4 heteroatoms. The number of hydrogen-bond acceptors (Lipinski definition) is 4. The van der Waals surface area contributed by atoms with E-state index in [9.17, 15) is 10.2 Å². The van der Waals surface area contributed by atoms with Crippen LogP contribution in [0, 0.1) is 5.92 Å². The number of aromatic hydroxyl groups is 1. The van der Waals surface area contributed by atoms with E-state index in [2.05, 4.69) is 4.90 Å². The molecule has 110 valence electrons. The van der Waals surface area contributed by atoms with Gasteiger partial charge in [0.05, 0.1) is 6.10 Å². The fourth-order valence-corrected chi connectivity index (χ4v) is 3.80. The van der Waals surface area contributed by atoms with Crippen LogP contribution >= 0.6 is 0 Å². The second kappa shape index (κ2) is 5.35. The Morgan fingerprint density at radius 3 is 2.75 bits per heavy atom. The van der Waals surface area contributed by atoms with E-state index >= 15 is 0 Å². The molecule has 4 N–H and O–H groups in total. The van der Waals surface area contributed by atoms with Crippen LogP contribution in [0.5, 0.6) is 5.75 Å². The highest BCUT2D eigenvalue weighted by Crippen LogP contribution is 2.38. The molecule has 1 aliphatic heterocycles. The van der Waals surface area contributed by atoms with Crippen molar-refractivity contribution in [1.82, 2.24) is 4.90 Å². The van der Waals surface area contributed by atoms with Gasteiger partial charge in [0, 0.05) is 25.2 Å². The van der Waals surface area contributed by atoms with Crippen LogP contribution in [0.2, 0.25) is 0 Å². The second-order valence-electron chi connectivity index (χ2n) is 6.48. The van der Waals surface area contributed by atoms with Crippen molar-refractivity contribution in [3.05, 3.63) is 29.8 Å². The molecule has 1 aliphatic carbocycles. The fraction of sp³-hybridized carbons (Fsp3) is 0.625. The van der Waals surface area contributed by atoms with E-state index in [4.69, 9.17) is 5.73 Å². The topological polar surface area (TPSA) is 69.7 Å². The summed E-state index contributed by atoms with van der Waals surface area (Å²) in [4.78, 5) is 2.30. The normalized spacial score (nSPS) is 32.0. The molecule has 4 nitrogen and oxygen atoms in total. The van der Waals surface area contributed by atoms with Crippen LogP contribution in [-0.4, -0.2) is 40.3 Å². The Morgan fingerprint density at radius 1 is 1.30 bits per heavy atom. The molecule has 1 saturated heterocycles. The highest BCUT2D eigenvalue weighted by Gasteiger charge is 2.44. The lowest BCUT2D eigenvalue weighted by Gasteiger charge is -2.34. The lowest BCUT2D eigenvalue weighted by atomic mass is 9.76. The van der Waals surface area contributed by atoms with Crippen molar-refractivity contribution < 1.29 is 10.2 Å². The van der Waals surface area contributed by atoms with Gasteiger partial charge in [0.1, 0.15) is 5.75 Å². The summed E-state index contributed by atoms with van der Waals surface area (Å²) in [5.41, 5.74) is 7.35. The number of hydrogen-bond donors (Lipinski definition) is 3. The number of phenolic OH excluding ortho intramolecular Hbond substituents is 1. The third-order valence-electron chi connectivity index (χ3n) is 4.96. The van der Waals surface area contributed by atoms with Crippen LogP contribution < -0.4 is 5.73 Å². The third kappa shape index (κ3) is 2.68. The van der Waals surface area contributed by atoms with Gasteiger partial charge in [-0.3, -0.25) is 4.90 Å². The van der Waals surface area contributed by atoms with Gasteiger partial charge in [-0.2, -0.15) is 0 Å². The lowest BCUT2D eigenvalue weighted by Crippen LogP contribution is -2.49. The second-order valence-corrected chi connectivity index (χ2v) is 6.48. The van der Waals surface area contributed by atoms with E-state index in [1.54, 1.807) is 24.3 Å². The van der Waals surface area contributed by atoms with Gasteiger partial charge in [-0.05, 0) is 36.5 Å². The van der Waals surface area contributed by atoms with Crippen molar-refractivity contribution in [1.29, 1.82) is 0 Å². The van der Waals surface area contributed by atoms with Gasteiger partial charge in [0.15, 0.2) is 0 Å². The molecule has 3 atom stereocenters. The first-order valence-electron chi connectivity index (χ1n) is 7.55. The number of rotatable bonds is 3. The number of β-amino-alcohol motifs (C(OH)–C–C–N with tert-alkyl or cyclic N) is 1. The largest absolute Gasteiger partial charge is 0.508 e. The molecule has 0 spiro atoms. The van der Waals surface area contributed by atoms with Crippen molar-refractivity contribution in [2.45, 2.75) is 37.3 Å². The van der Waals surface area contributed by atoms with Crippen LogP contribution in [0.1, 0.15) is 37.4 Å². The predicted molar refractivity (Wildman–Crippen MR) is 78.4 cm³/mol. The number of nitrogens with zero attached hydrogens (tertiary/aromatic N) is 1. The van der Waals surface area contributed by atoms with E-state index in [1.165, 1.54) is 19.3 Å². The summed E-state index contributed by atoms with van der Waals surface area (Å²) in [6.07, 6.45) is 4.35. The number of benzene rings is 1. The molecule has 2 aliphatic rings. The van der Waals surface area contributed by atoms with Gasteiger partial charge in [-0.1, -0.05) is 25.0 Å². The number of likely N-dealkylation sites (tertiary alicyclic amines) is 1. The van der Waals surface area contributed by atoms with Crippen LogP contribution in [0.4, 0.5) is 0 Å². The van der Waals surface area contributed by atoms with Crippen LogP contribution in [-0.2, 0) is 0 Å². The summed E-state index contributed by atoms with van der Waals surface area (Å²) in [6, 6.07) is 6.79. The number of phenols is 1. The third-order valence-corrected chi connectivity index (χ3v) is 4.96. The average molecular weight is 276 g/mol. The summed E-state index contributed by atoms with van der Waals surface area (Å²) in [5.74, 6) is 0.817. The van der Waals surface area contributed by atoms with Crippen molar-refractivity contribution in [3.8, 4) is 5.75 Å². The zero-order valence-corrected chi connectivity index (χ0v) is 11.8. The van der Waals surface area contributed by atoms with Gasteiger partial charge < -0.3 is 15.9 Å². The number of nitrogens with two attached hydrogens (primary N) is 1. The molecular formula is C16H24N2O2. The van der Waals surface area contributed by atoms with E-state index in [0.717, 1.165) is 25.1 Å². The van der Waals surface area contributed by atoms with Gasteiger partial charge in [-0.15, -0.1) is 0 Å². The Kier molecular flexibility index (Phi) is 3.71. The minimum absolute atomic E-state index is 0.0348. The van der Waals surface area contributed by atoms with E-state index in [0.29, 0.717) is 12.5 Å². The summed E-state index contributed by atoms with van der Waals surface area (Å²) in [5, 5.41) is 19.6. The van der Waals surface area contributed by atoms with Crippen molar-refractivity contribution in [2.24, 2.45) is 11.7 Å². The van der Waals surface area contributed by atoms with Gasteiger partial charge in [0.25, 0.3) is 0 Å². The predicted octanol–water partition coefficient (Wildman–Crippen LogP) is 1.63. The minimum Gasteiger partial charge on any atom is -0.508 e. The molecule has 3 rings (SSSR count). The first-order valence-corrected chi connectivity index (χ1v) is 7.55. The maximum absolute atomic E-state index is 10.3. The van der Waals surface area contributed by atoms with Gasteiger partial charge >= 0.3 is 0 Å². The SMILES string of the molecule is N[C@]12CCCCC1CN(C[C@H](O)c1ccc(O)cc1)C2. The lowest BCUT2D eigenvalue weighted by molar-refractivity contribution is 0.122. The van der Waals surface area contributed by atoms with Crippen molar-refractivity contribution in [2.75, 3.05) is 19.6 Å². The highest BCUT2D eigenvalue weighted by molar-refractivity contribution is 5.27. The van der Waals surface area contributed by atoms with Crippen LogP contribution in [0.15, 0.2) is 24.3 Å². The number of aliphatic hydroxyl groups is 1. The minimum atomic E-state index is -0.514. The van der Waals surface area contributed by atoms with Crippen molar-refractivity contribution >= 4 is 0 Å². The summed E-state index contributed by atoms with van der Waals surface area (Å²) in [6.45, 7) is 2.53. The van der Waals surface area contributed by atoms with E-state index < -0.39 is 6.10 Å². The Bertz CT molecular complexity index is 462. The Hall–Kier alpha value is -1.10. The number of fused-ring (bicyclic) bond motifs is 1. The maximum Gasteiger partial charge on any atom is 0.115 e. The first-order chi connectivity index (χ1) is 9.57. The standard InChI is InChI=1S/C16H24N2O2/c17-16-8-2-1-3-13(16)9-18(11-16)10-15(20)12-4-6-14(19)7-5-12/h4-7,13,15,19-20H,1-3,8-11,17H2/t13?,15-,16-/m0/s1. The summed E-state index contributed by atoms with van der Waals surface area (Å²) in [7, 11) is 0. The molecule has 2 fully saturated rings. The average Bonchev–Trinajstić information content (AvgIpc) is 2.75. The van der Waals surface area contributed by atoms with Crippen molar-refractivity contribution in [3.63, 3.8) is 0 Å². The maximum atomic E-state index is 10.3. The zero-order chi connectivity index (χ0) is 14.2. The number of aliphatic hydroxyl groups excluding tert-OH is 1. The molecule has 1 heterocycles. The summed E-state index contributed by atoms with van der Waals surface area (Å²) < 4.78 is 0. The molecule has 0 radical (unpaired) electrons. The first kappa shape index (κ1) is 13.9. The Balaban J connectivity index is 1.62. The Labute approximate surface area is 120 Å². The quantitative estimate of drug-likeness (QED) is 0.785. The van der Waals surface area contributed by atoms with E-state index in [1.807, 2.05) is 0 Å². The molecule has 0 aromatic heterocycles.